The van der Waals surface area contributed by atoms with Crippen molar-refractivity contribution in [3.63, 3.8) is 0 Å². The zero-order valence-electron chi connectivity index (χ0n) is 13.1. The first-order valence-electron chi connectivity index (χ1n) is 7.23. The van der Waals surface area contributed by atoms with E-state index in [1.807, 2.05) is 20.8 Å². The van der Waals surface area contributed by atoms with Crippen LogP contribution in [-0.2, 0) is 4.74 Å². The number of hydrogen-bond donors (Lipinski definition) is 0. The molecule has 0 bridgehead atoms. The molecule has 0 aliphatic carbocycles. The van der Waals surface area contributed by atoms with Crippen molar-refractivity contribution >= 4 is 23.4 Å². The lowest BCUT2D eigenvalue weighted by molar-refractivity contribution is 0.0240. The normalized spacial score (nSPS) is 15.4. The summed E-state index contributed by atoms with van der Waals surface area (Å²) in [6.45, 7) is 7.98. The van der Waals surface area contributed by atoms with Crippen molar-refractivity contribution < 1.29 is 9.53 Å². The summed E-state index contributed by atoms with van der Waals surface area (Å²) in [5.41, 5.74) is 0.920. The third kappa shape index (κ3) is 4.05. The Labute approximate surface area is 136 Å². The first-order valence-corrected chi connectivity index (χ1v) is 7.60. The minimum absolute atomic E-state index is 0.293. The van der Waals surface area contributed by atoms with Crippen molar-refractivity contribution in [2.24, 2.45) is 0 Å². The van der Waals surface area contributed by atoms with Gasteiger partial charge in [-0.2, -0.15) is 5.26 Å². The predicted octanol–water partition coefficient (Wildman–Crippen LogP) is 3.27. The van der Waals surface area contributed by atoms with E-state index in [9.17, 15) is 10.1 Å². The maximum Gasteiger partial charge on any atom is 0.410 e. The number of ether oxygens (including phenoxy) is 1. The monoisotopic (exact) mass is 321 g/mol. The average Bonchev–Trinajstić information content (AvgIpc) is 2.45. The van der Waals surface area contributed by atoms with Gasteiger partial charge in [0.25, 0.3) is 0 Å². The van der Waals surface area contributed by atoms with Gasteiger partial charge in [-0.3, -0.25) is 0 Å². The second-order valence-electron chi connectivity index (χ2n) is 6.23. The molecular formula is C16H20ClN3O2. The second kappa shape index (κ2) is 6.45. The van der Waals surface area contributed by atoms with Crippen LogP contribution in [0.1, 0.15) is 26.3 Å². The molecule has 1 aliphatic rings. The quantitative estimate of drug-likeness (QED) is 0.796. The van der Waals surface area contributed by atoms with E-state index in [0.29, 0.717) is 36.8 Å². The Morgan fingerprint density at radius 2 is 1.91 bits per heavy atom. The Balaban J connectivity index is 2.02. The third-order valence-electron chi connectivity index (χ3n) is 3.35. The maximum absolute atomic E-state index is 12.0. The summed E-state index contributed by atoms with van der Waals surface area (Å²) in [6.07, 6.45) is -0.293. The zero-order chi connectivity index (χ0) is 16.3. The summed E-state index contributed by atoms with van der Waals surface area (Å²) in [6, 6.07) is 7.40. The fourth-order valence-corrected chi connectivity index (χ4v) is 2.48. The van der Waals surface area contributed by atoms with Crippen molar-refractivity contribution in [3.8, 4) is 6.07 Å². The Bertz CT molecular complexity index is 596. The maximum atomic E-state index is 12.0. The van der Waals surface area contributed by atoms with Gasteiger partial charge in [0.15, 0.2) is 0 Å². The Morgan fingerprint density at radius 1 is 1.27 bits per heavy atom. The molecule has 0 atom stereocenters. The van der Waals surface area contributed by atoms with Crippen LogP contribution in [0, 0.1) is 11.3 Å². The fraction of sp³-hybridized carbons (Fsp3) is 0.500. The molecule has 1 amide bonds. The molecule has 1 aromatic carbocycles. The molecule has 0 saturated carbocycles. The standard InChI is InChI=1S/C16H20ClN3O2/c1-16(2,3)22-15(21)20-8-6-19(7-9-20)14-10-13(17)5-4-12(14)11-18/h4-5,10H,6-9H2,1-3H3. The number of hydrogen-bond acceptors (Lipinski definition) is 4. The smallest absolute Gasteiger partial charge is 0.410 e. The van der Waals surface area contributed by atoms with Gasteiger partial charge < -0.3 is 14.5 Å². The van der Waals surface area contributed by atoms with Gasteiger partial charge in [0.2, 0.25) is 0 Å². The highest BCUT2D eigenvalue weighted by atomic mass is 35.5. The molecule has 1 heterocycles. The summed E-state index contributed by atoms with van der Waals surface area (Å²) in [5.74, 6) is 0. The topological polar surface area (TPSA) is 56.6 Å². The van der Waals surface area contributed by atoms with Gasteiger partial charge in [-0.05, 0) is 39.0 Å². The van der Waals surface area contributed by atoms with Crippen LogP contribution in [0.2, 0.25) is 5.02 Å². The molecule has 1 saturated heterocycles. The van der Waals surface area contributed by atoms with Gasteiger partial charge in [-0.25, -0.2) is 4.79 Å². The first kappa shape index (κ1) is 16.4. The minimum Gasteiger partial charge on any atom is -0.444 e. The van der Waals surface area contributed by atoms with Crippen molar-refractivity contribution in [3.05, 3.63) is 28.8 Å². The lowest BCUT2D eigenvalue weighted by atomic mass is 10.1. The summed E-state index contributed by atoms with van der Waals surface area (Å²) in [5, 5.41) is 9.80. The van der Waals surface area contributed by atoms with Gasteiger partial charge in [0.1, 0.15) is 11.7 Å². The molecule has 1 aliphatic heterocycles. The molecule has 0 N–H and O–H groups in total. The molecule has 0 aromatic heterocycles. The number of halogens is 1. The molecule has 2 rings (SSSR count). The molecule has 0 radical (unpaired) electrons. The van der Waals surface area contributed by atoms with Gasteiger partial charge >= 0.3 is 6.09 Å². The van der Waals surface area contributed by atoms with Crippen LogP contribution < -0.4 is 4.90 Å². The SMILES string of the molecule is CC(C)(C)OC(=O)N1CCN(c2cc(Cl)ccc2C#N)CC1. The summed E-state index contributed by atoms with van der Waals surface area (Å²) < 4.78 is 5.38. The van der Waals surface area contributed by atoms with Crippen LogP contribution in [0.3, 0.4) is 0 Å². The van der Waals surface area contributed by atoms with Crippen LogP contribution >= 0.6 is 11.6 Å². The molecule has 22 heavy (non-hydrogen) atoms. The highest BCUT2D eigenvalue weighted by molar-refractivity contribution is 6.30. The summed E-state index contributed by atoms with van der Waals surface area (Å²) in [4.78, 5) is 15.8. The van der Waals surface area contributed by atoms with Crippen molar-refractivity contribution in [1.82, 2.24) is 4.90 Å². The molecule has 1 aromatic rings. The van der Waals surface area contributed by atoms with E-state index in [1.165, 1.54) is 0 Å². The van der Waals surface area contributed by atoms with Gasteiger partial charge in [0, 0.05) is 31.2 Å². The van der Waals surface area contributed by atoms with E-state index < -0.39 is 5.60 Å². The summed E-state index contributed by atoms with van der Waals surface area (Å²) >= 11 is 6.02. The molecule has 6 heteroatoms. The largest absolute Gasteiger partial charge is 0.444 e. The minimum atomic E-state index is -0.491. The Morgan fingerprint density at radius 3 is 2.45 bits per heavy atom. The molecule has 0 unspecified atom stereocenters. The lowest BCUT2D eigenvalue weighted by Gasteiger charge is -2.37. The number of rotatable bonds is 1. The Hall–Kier alpha value is -1.93. The van der Waals surface area contributed by atoms with Crippen LogP contribution in [0.5, 0.6) is 0 Å². The molecule has 5 nitrogen and oxygen atoms in total. The number of nitriles is 1. The number of anilines is 1. The van der Waals surface area contributed by atoms with Gasteiger partial charge in [0.05, 0.1) is 11.3 Å². The van der Waals surface area contributed by atoms with Crippen LogP contribution in [0.25, 0.3) is 0 Å². The van der Waals surface area contributed by atoms with Crippen molar-refractivity contribution in [2.75, 3.05) is 31.1 Å². The Kier molecular flexibility index (Phi) is 4.82. The molecule has 1 fully saturated rings. The van der Waals surface area contributed by atoms with E-state index in [2.05, 4.69) is 11.0 Å². The van der Waals surface area contributed by atoms with Crippen LogP contribution in [-0.4, -0.2) is 42.8 Å². The summed E-state index contributed by atoms with van der Waals surface area (Å²) in [7, 11) is 0. The van der Waals surface area contributed by atoms with E-state index >= 15 is 0 Å². The first-order chi connectivity index (χ1) is 10.3. The van der Waals surface area contributed by atoms with Crippen molar-refractivity contribution in [1.29, 1.82) is 5.26 Å². The van der Waals surface area contributed by atoms with E-state index in [1.54, 1.807) is 23.1 Å². The van der Waals surface area contributed by atoms with E-state index in [0.717, 1.165) is 5.69 Å². The van der Waals surface area contributed by atoms with Crippen LogP contribution in [0.4, 0.5) is 10.5 Å². The fourth-order valence-electron chi connectivity index (χ4n) is 2.32. The molecular weight excluding hydrogens is 302 g/mol. The zero-order valence-corrected chi connectivity index (χ0v) is 13.9. The molecule has 118 valence electrons. The third-order valence-corrected chi connectivity index (χ3v) is 3.59. The highest BCUT2D eigenvalue weighted by Gasteiger charge is 2.26. The van der Waals surface area contributed by atoms with E-state index in [4.69, 9.17) is 16.3 Å². The van der Waals surface area contributed by atoms with E-state index in [-0.39, 0.29) is 6.09 Å². The number of carbonyl (C=O) groups excluding carboxylic acids is 1. The number of benzene rings is 1. The second-order valence-corrected chi connectivity index (χ2v) is 6.66. The van der Waals surface area contributed by atoms with Gasteiger partial charge in [-0.1, -0.05) is 11.6 Å². The number of nitrogens with zero attached hydrogens (tertiary/aromatic N) is 3. The van der Waals surface area contributed by atoms with Crippen LogP contribution in [0.15, 0.2) is 18.2 Å². The highest BCUT2D eigenvalue weighted by Crippen LogP contribution is 2.25. The average molecular weight is 322 g/mol. The predicted molar refractivity (Wildman–Crippen MR) is 86.2 cm³/mol. The lowest BCUT2D eigenvalue weighted by Crippen LogP contribution is -2.50. The van der Waals surface area contributed by atoms with Crippen molar-refractivity contribution in [2.45, 2.75) is 26.4 Å². The molecule has 0 spiro atoms. The number of amides is 1. The number of piperazine rings is 1. The van der Waals surface area contributed by atoms with Gasteiger partial charge in [-0.15, -0.1) is 0 Å². The number of carbonyl (C=O) groups is 1.